The lowest BCUT2D eigenvalue weighted by Gasteiger charge is -2.17. The highest BCUT2D eigenvalue weighted by molar-refractivity contribution is 6.30. The van der Waals surface area contributed by atoms with E-state index >= 15 is 0 Å². The maximum absolute atomic E-state index is 7.34. The summed E-state index contributed by atoms with van der Waals surface area (Å²) in [6.07, 6.45) is 0.321. The van der Waals surface area contributed by atoms with Gasteiger partial charge < -0.3 is 10.5 Å². The summed E-state index contributed by atoms with van der Waals surface area (Å²) in [7, 11) is 0. The molecule has 0 heterocycles. The van der Waals surface area contributed by atoms with E-state index in [1.165, 1.54) is 0 Å². The zero-order valence-corrected chi connectivity index (χ0v) is 9.64. The third kappa shape index (κ3) is 3.13. The molecule has 0 saturated heterocycles. The topological polar surface area (TPSA) is 59.1 Å². The minimum absolute atomic E-state index is 0.0480. The monoisotopic (exact) mass is 226 g/mol. The second-order valence-electron chi connectivity index (χ2n) is 3.38. The molecule has 0 bridgehead atoms. The summed E-state index contributed by atoms with van der Waals surface area (Å²) >= 11 is 5.83. The summed E-state index contributed by atoms with van der Waals surface area (Å²) in [4.78, 5) is 0. The van der Waals surface area contributed by atoms with E-state index < -0.39 is 0 Å². The van der Waals surface area contributed by atoms with Gasteiger partial charge in [0.1, 0.15) is 11.6 Å². The fourth-order valence-electron chi connectivity index (χ4n) is 1.27. The van der Waals surface area contributed by atoms with Gasteiger partial charge in [-0.3, -0.25) is 5.41 Å². The third-order valence-electron chi connectivity index (χ3n) is 2.12. The molecule has 1 aromatic rings. The number of nitrogens with two attached hydrogens (primary N) is 1. The molecular weight excluding hydrogens is 212 g/mol. The van der Waals surface area contributed by atoms with Gasteiger partial charge in [0.2, 0.25) is 0 Å². The number of halogens is 1. The van der Waals surface area contributed by atoms with Crippen LogP contribution in [0.5, 0.6) is 5.75 Å². The fourth-order valence-corrected chi connectivity index (χ4v) is 1.49. The number of benzene rings is 1. The molecule has 4 heteroatoms. The van der Waals surface area contributed by atoms with Crippen molar-refractivity contribution in [1.29, 1.82) is 5.41 Å². The van der Waals surface area contributed by atoms with Crippen LogP contribution in [0.1, 0.15) is 18.9 Å². The Morgan fingerprint density at radius 3 is 2.73 bits per heavy atom. The number of hydrogen-bond acceptors (Lipinski definition) is 2. The molecule has 0 aromatic heterocycles. The van der Waals surface area contributed by atoms with Crippen LogP contribution in [-0.4, -0.2) is 11.9 Å². The van der Waals surface area contributed by atoms with Crippen molar-refractivity contribution in [2.75, 3.05) is 0 Å². The van der Waals surface area contributed by atoms with Crippen LogP contribution in [0.4, 0.5) is 0 Å². The molecule has 0 fully saturated rings. The normalized spacial score (nSPS) is 12.2. The Kier molecular flexibility index (Phi) is 3.97. The van der Waals surface area contributed by atoms with Crippen LogP contribution < -0.4 is 10.5 Å². The Bertz CT molecular complexity index is 366. The van der Waals surface area contributed by atoms with Crippen LogP contribution in [0.15, 0.2) is 18.2 Å². The van der Waals surface area contributed by atoms with Gasteiger partial charge in [-0.15, -0.1) is 0 Å². The minimum Gasteiger partial charge on any atom is -0.482 e. The van der Waals surface area contributed by atoms with Gasteiger partial charge in [-0.05, 0) is 37.1 Å². The average molecular weight is 227 g/mol. The van der Waals surface area contributed by atoms with Crippen molar-refractivity contribution in [3.05, 3.63) is 28.8 Å². The molecule has 15 heavy (non-hydrogen) atoms. The van der Waals surface area contributed by atoms with E-state index in [0.29, 0.717) is 11.4 Å². The summed E-state index contributed by atoms with van der Waals surface area (Å²) in [6, 6.07) is 5.38. The number of hydrogen-bond donors (Lipinski definition) is 2. The summed E-state index contributed by atoms with van der Waals surface area (Å²) < 4.78 is 5.60. The van der Waals surface area contributed by atoms with Crippen molar-refractivity contribution in [3.8, 4) is 5.75 Å². The molecule has 0 radical (unpaired) electrons. The highest BCUT2D eigenvalue weighted by atomic mass is 35.5. The molecule has 3 N–H and O–H groups in total. The molecule has 1 atom stereocenters. The van der Waals surface area contributed by atoms with Gasteiger partial charge in [0.05, 0.1) is 0 Å². The van der Waals surface area contributed by atoms with Gasteiger partial charge in [0, 0.05) is 5.02 Å². The number of nitrogens with one attached hydrogen (secondary N) is 1. The van der Waals surface area contributed by atoms with E-state index in [1.54, 1.807) is 12.1 Å². The molecule has 82 valence electrons. The maximum Gasteiger partial charge on any atom is 0.155 e. The van der Waals surface area contributed by atoms with Crippen LogP contribution in [0, 0.1) is 12.3 Å². The Morgan fingerprint density at radius 1 is 1.60 bits per heavy atom. The van der Waals surface area contributed by atoms with E-state index in [-0.39, 0.29) is 11.9 Å². The zero-order valence-electron chi connectivity index (χ0n) is 8.88. The standard InChI is InChI=1S/C11H15ClN2O/c1-3-9(11(13)14)15-10-5-4-8(12)6-7(10)2/h4-6,9H,3H2,1-2H3,(H3,13,14). The van der Waals surface area contributed by atoms with Crippen LogP contribution in [0.25, 0.3) is 0 Å². The Balaban J connectivity index is 2.84. The minimum atomic E-state index is -0.357. The Morgan fingerprint density at radius 2 is 2.27 bits per heavy atom. The molecule has 0 amide bonds. The van der Waals surface area contributed by atoms with E-state index in [0.717, 1.165) is 11.3 Å². The smallest absolute Gasteiger partial charge is 0.155 e. The molecule has 1 rings (SSSR count). The van der Waals surface area contributed by atoms with E-state index in [4.69, 9.17) is 27.5 Å². The first kappa shape index (κ1) is 11.9. The lowest BCUT2D eigenvalue weighted by Crippen LogP contribution is -2.32. The van der Waals surface area contributed by atoms with Gasteiger partial charge in [-0.1, -0.05) is 18.5 Å². The molecule has 0 aliphatic carbocycles. The lowest BCUT2D eigenvalue weighted by atomic mass is 10.2. The molecule has 1 unspecified atom stereocenters. The first-order valence-corrected chi connectivity index (χ1v) is 5.19. The number of ether oxygens (including phenoxy) is 1. The highest BCUT2D eigenvalue weighted by Gasteiger charge is 2.12. The number of rotatable bonds is 4. The van der Waals surface area contributed by atoms with Crippen molar-refractivity contribution in [2.24, 2.45) is 5.73 Å². The van der Waals surface area contributed by atoms with E-state index in [1.807, 2.05) is 19.9 Å². The van der Waals surface area contributed by atoms with Gasteiger partial charge in [-0.25, -0.2) is 0 Å². The second-order valence-corrected chi connectivity index (χ2v) is 3.82. The average Bonchev–Trinajstić information content (AvgIpc) is 2.16. The number of amidine groups is 1. The first-order valence-electron chi connectivity index (χ1n) is 4.81. The van der Waals surface area contributed by atoms with Crippen LogP contribution >= 0.6 is 11.6 Å². The van der Waals surface area contributed by atoms with Gasteiger partial charge in [-0.2, -0.15) is 0 Å². The second kappa shape index (κ2) is 5.03. The largest absolute Gasteiger partial charge is 0.482 e. The predicted octanol–water partition coefficient (Wildman–Crippen LogP) is 2.74. The predicted molar refractivity (Wildman–Crippen MR) is 62.8 cm³/mol. The van der Waals surface area contributed by atoms with Gasteiger partial charge >= 0.3 is 0 Å². The lowest BCUT2D eigenvalue weighted by molar-refractivity contribution is 0.258. The Labute approximate surface area is 94.7 Å². The van der Waals surface area contributed by atoms with Crippen molar-refractivity contribution >= 4 is 17.4 Å². The van der Waals surface area contributed by atoms with Crippen molar-refractivity contribution in [2.45, 2.75) is 26.4 Å². The van der Waals surface area contributed by atoms with Crippen LogP contribution in [-0.2, 0) is 0 Å². The van der Waals surface area contributed by atoms with Crippen LogP contribution in [0.2, 0.25) is 5.02 Å². The summed E-state index contributed by atoms with van der Waals surface area (Å²) in [5, 5.41) is 8.02. The molecular formula is C11H15ClN2O. The van der Waals surface area contributed by atoms with Gasteiger partial charge in [0.25, 0.3) is 0 Å². The fraction of sp³-hybridized carbons (Fsp3) is 0.364. The summed E-state index contributed by atoms with van der Waals surface area (Å²) in [6.45, 7) is 3.84. The maximum atomic E-state index is 7.34. The third-order valence-corrected chi connectivity index (χ3v) is 2.36. The van der Waals surface area contributed by atoms with Crippen molar-refractivity contribution in [3.63, 3.8) is 0 Å². The molecule has 1 aromatic carbocycles. The molecule has 0 aliphatic heterocycles. The van der Waals surface area contributed by atoms with E-state index in [9.17, 15) is 0 Å². The molecule has 3 nitrogen and oxygen atoms in total. The van der Waals surface area contributed by atoms with Gasteiger partial charge in [0.15, 0.2) is 6.10 Å². The molecule has 0 aliphatic rings. The quantitative estimate of drug-likeness (QED) is 0.613. The highest BCUT2D eigenvalue weighted by Crippen LogP contribution is 2.23. The summed E-state index contributed by atoms with van der Waals surface area (Å²) in [5.41, 5.74) is 6.35. The van der Waals surface area contributed by atoms with Crippen molar-refractivity contribution < 1.29 is 4.74 Å². The number of aryl methyl sites for hydroxylation is 1. The molecule has 0 saturated carbocycles. The van der Waals surface area contributed by atoms with Crippen molar-refractivity contribution in [1.82, 2.24) is 0 Å². The first-order chi connectivity index (χ1) is 7.04. The Hall–Kier alpha value is -1.22. The zero-order chi connectivity index (χ0) is 11.4. The van der Waals surface area contributed by atoms with Crippen LogP contribution in [0.3, 0.4) is 0 Å². The SMILES string of the molecule is CCC(Oc1ccc(Cl)cc1C)C(=N)N. The summed E-state index contributed by atoms with van der Waals surface area (Å²) in [5.74, 6) is 0.772. The molecule has 0 spiro atoms. The van der Waals surface area contributed by atoms with E-state index in [2.05, 4.69) is 0 Å².